The van der Waals surface area contributed by atoms with Gasteiger partial charge in [0.05, 0.1) is 19.3 Å². The molecule has 0 spiro atoms. The number of nitrogens with one attached hydrogen (secondary N) is 1. The zero-order valence-electron chi connectivity index (χ0n) is 19.5. The van der Waals surface area contributed by atoms with Crippen molar-refractivity contribution in [3.63, 3.8) is 0 Å². The molecule has 2 aromatic carbocycles. The van der Waals surface area contributed by atoms with E-state index in [2.05, 4.69) is 4.98 Å². The molecule has 3 aromatic rings. The zero-order chi connectivity index (χ0) is 24.7. The quantitative estimate of drug-likeness (QED) is 0.461. The predicted molar refractivity (Wildman–Crippen MR) is 125 cm³/mol. The smallest absolute Gasteiger partial charge is 0.135 e. The Morgan fingerprint density at radius 3 is 2.51 bits per heavy atom. The number of β-amino-alcohol motifs (C(OH)–C–C–N with tert-alkyl or cyclic N) is 1. The Balaban J connectivity index is 1.48. The predicted octanol–water partition coefficient (Wildman–Crippen LogP) is 4.34. The van der Waals surface area contributed by atoms with Crippen LogP contribution in [-0.2, 0) is 6.42 Å². The van der Waals surface area contributed by atoms with Crippen LogP contribution in [0, 0.1) is 17.5 Å². The first-order valence-corrected chi connectivity index (χ1v) is 12.0. The van der Waals surface area contributed by atoms with E-state index in [1.165, 1.54) is 24.3 Å². The van der Waals surface area contributed by atoms with Crippen LogP contribution in [-0.4, -0.2) is 71.5 Å². The molecule has 35 heavy (non-hydrogen) atoms. The van der Waals surface area contributed by atoms with Crippen LogP contribution in [0.3, 0.4) is 0 Å². The second-order valence-electron chi connectivity index (χ2n) is 9.47. The fraction of sp³-hybridized carbons (Fsp3) is 0.462. The van der Waals surface area contributed by atoms with Crippen LogP contribution in [0.1, 0.15) is 36.2 Å². The summed E-state index contributed by atoms with van der Waals surface area (Å²) >= 11 is 0. The lowest BCUT2D eigenvalue weighted by atomic mass is 9.88. The molecule has 0 bridgehead atoms. The standard InChI is InChI=1S/C26H29F4N3O2/c1-15-9-20-19-10-16(28)3-4-23(19)31-25(20)26(33(15)7-8-34)24-21(29)11-17(12-22(24)30)35-18-13-32(14-18)6-2-5-27/h3-4,10-12,15,18,26,31,34H,2,5-9,13-14H2,1H3/t15-,26-/m1/s1. The molecular formula is C26H29F4N3O2. The molecule has 1 aromatic heterocycles. The summed E-state index contributed by atoms with van der Waals surface area (Å²) in [4.78, 5) is 7.15. The fourth-order valence-electron chi connectivity index (χ4n) is 5.45. The number of nitrogens with zero attached hydrogens (tertiary/aromatic N) is 2. The van der Waals surface area contributed by atoms with Crippen LogP contribution < -0.4 is 4.74 Å². The van der Waals surface area contributed by atoms with Gasteiger partial charge in [0, 0.05) is 66.5 Å². The third kappa shape index (κ3) is 4.52. The molecule has 2 aliphatic rings. The highest BCUT2D eigenvalue weighted by Crippen LogP contribution is 2.43. The summed E-state index contributed by atoms with van der Waals surface area (Å²) in [6.45, 7) is 3.42. The topological polar surface area (TPSA) is 51.7 Å². The van der Waals surface area contributed by atoms with Gasteiger partial charge in [0.25, 0.3) is 0 Å². The normalized spacial score (nSPS) is 21.3. The van der Waals surface area contributed by atoms with E-state index in [-0.39, 0.29) is 49.1 Å². The lowest BCUT2D eigenvalue weighted by molar-refractivity contribution is 0.0180. The van der Waals surface area contributed by atoms with Crippen molar-refractivity contribution >= 4 is 10.9 Å². The summed E-state index contributed by atoms with van der Waals surface area (Å²) in [7, 11) is 0. The van der Waals surface area contributed by atoms with Crippen molar-refractivity contribution in [2.75, 3.05) is 39.5 Å². The average Bonchev–Trinajstić information content (AvgIpc) is 3.14. The lowest BCUT2D eigenvalue weighted by Gasteiger charge is -2.41. The number of hydrogen-bond acceptors (Lipinski definition) is 4. The van der Waals surface area contributed by atoms with Gasteiger partial charge in [-0.05, 0) is 43.5 Å². The van der Waals surface area contributed by atoms with E-state index in [1.54, 1.807) is 6.07 Å². The second kappa shape index (κ2) is 9.79. The lowest BCUT2D eigenvalue weighted by Crippen LogP contribution is -2.53. The largest absolute Gasteiger partial charge is 0.488 e. The average molecular weight is 492 g/mol. The monoisotopic (exact) mass is 491 g/mol. The Kier molecular flexibility index (Phi) is 6.74. The van der Waals surface area contributed by atoms with Crippen molar-refractivity contribution in [3.05, 3.63) is 64.6 Å². The number of likely N-dealkylation sites (tertiary alicyclic amines) is 1. The first-order chi connectivity index (χ1) is 16.9. The van der Waals surface area contributed by atoms with E-state index in [0.717, 1.165) is 5.56 Å². The fourth-order valence-corrected chi connectivity index (χ4v) is 5.45. The first kappa shape index (κ1) is 24.1. The summed E-state index contributed by atoms with van der Waals surface area (Å²) in [5.74, 6) is -1.76. The summed E-state index contributed by atoms with van der Waals surface area (Å²) in [5, 5.41) is 10.4. The second-order valence-corrected chi connectivity index (χ2v) is 9.47. The molecule has 5 rings (SSSR count). The molecule has 2 atom stereocenters. The Morgan fingerprint density at radius 1 is 1.09 bits per heavy atom. The van der Waals surface area contributed by atoms with Gasteiger partial charge >= 0.3 is 0 Å². The molecule has 0 aliphatic carbocycles. The number of aliphatic hydroxyl groups is 1. The minimum atomic E-state index is -0.815. The van der Waals surface area contributed by atoms with Crippen LogP contribution >= 0.6 is 0 Å². The van der Waals surface area contributed by atoms with Gasteiger partial charge in [-0.1, -0.05) is 0 Å². The number of ether oxygens (including phenoxy) is 1. The molecule has 1 fully saturated rings. The van der Waals surface area contributed by atoms with Gasteiger partial charge in [-0.3, -0.25) is 14.2 Å². The number of halogens is 4. The number of alkyl halides is 1. The molecule has 5 nitrogen and oxygen atoms in total. The Hall–Kier alpha value is -2.62. The van der Waals surface area contributed by atoms with Gasteiger partial charge < -0.3 is 14.8 Å². The molecule has 0 saturated carbocycles. The molecule has 9 heteroatoms. The molecule has 0 amide bonds. The SMILES string of the molecule is C[C@@H]1Cc2c([nH]c3ccc(F)cc23)[C@@H](c2c(F)cc(OC3CN(CCCF)C3)cc2F)N1CCO. The number of aromatic amines is 1. The van der Waals surface area contributed by atoms with Crippen molar-refractivity contribution in [3.8, 4) is 5.75 Å². The summed E-state index contributed by atoms with van der Waals surface area (Å²) in [5.41, 5.74) is 1.99. The van der Waals surface area contributed by atoms with Crippen LogP contribution in [0.2, 0.25) is 0 Å². The van der Waals surface area contributed by atoms with Crippen LogP contribution in [0.5, 0.6) is 5.75 Å². The highest BCUT2D eigenvalue weighted by atomic mass is 19.1. The number of fused-ring (bicyclic) bond motifs is 3. The molecule has 2 N–H and O–H groups in total. The third-order valence-corrected chi connectivity index (χ3v) is 7.09. The van der Waals surface area contributed by atoms with Gasteiger partial charge in [0.15, 0.2) is 0 Å². The van der Waals surface area contributed by atoms with E-state index in [4.69, 9.17) is 4.74 Å². The Labute approximate surface area is 201 Å². The molecule has 1 saturated heterocycles. The van der Waals surface area contributed by atoms with Gasteiger partial charge in [-0.25, -0.2) is 13.2 Å². The summed E-state index contributed by atoms with van der Waals surface area (Å²) in [6.07, 6.45) is 0.812. The van der Waals surface area contributed by atoms with Gasteiger partial charge in [0.1, 0.15) is 29.3 Å². The van der Waals surface area contributed by atoms with Crippen molar-refractivity contribution < 1.29 is 27.4 Å². The maximum Gasteiger partial charge on any atom is 0.135 e. The number of benzene rings is 2. The maximum absolute atomic E-state index is 15.5. The van der Waals surface area contributed by atoms with E-state index in [0.29, 0.717) is 49.1 Å². The van der Waals surface area contributed by atoms with E-state index in [1.807, 2.05) is 16.7 Å². The minimum absolute atomic E-state index is 0.107. The number of hydrogen-bond donors (Lipinski definition) is 2. The van der Waals surface area contributed by atoms with Crippen LogP contribution in [0.4, 0.5) is 17.6 Å². The molecular weight excluding hydrogens is 462 g/mol. The zero-order valence-corrected chi connectivity index (χ0v) is 19.5. The summed E-state index contributed by atoms with van der Waals surface area (Å²) in [6, 6.07) is 5.85. The minimum Gasteiger partial charge on any atom is -0.488 e. The van der Waals surface area contributed by atoms with Crippen molar-refractivity contribution in [1.29, 1.82) is 0 Å². The first-order valence-electron chi connectivity index (χ1n) is 12.0. The van der Waals surface area contributed by atoms with Crippen molar-refractivity contribution in [2.45, 2.75) is 38.0 Å². The molecule has 0 radical (unpaired) electrons. The van der Waals surface area contributed by atoms with Crippen molar-refractivity contribution in [2.24, 2.45) is 0 Å². The van der Waals surface area contributed by atoms with E-state index in [9.17, 15) is 13.9 Å². The molecule has 3 heterocycles. The molecule has 0 unspecified atom stereocenters. The highest BCUT2D eigenvalue weighted by molar-refractivity contribution is 5.85. The number of H-pyrrole nitrogens is 1. The molecule has 188 valence electrons. The Morgan fingerprint density at radius 2 is 1.83 bits per heavy atom. The van der Waals surface area contributed by atoms with E-state index < -0.39 is 17.7 Å². The van der Waals surface area contributed by atoms with Gasteiger partial charge in [-0.2, -0.15) is 0 Å². The third-order valence-electron chi connectivity index (χ3n) is 7.09. The van der Waals surface area contributed by atoms with Crippen molar-refractivity contribution in [1.82, 2.24) is 14.8 Å². The summed E-state index contributed by atoms with van der Waals surface area (Å²) < 4.78 is 63.1. The number of aliphatic hydroxyl groups excluding tert-OH is 1. The van der Waals surface area contributed by atoms with Crippen LogP contribution in [0.25, 0.3) is 10.9 Å². The van der Waals surface area contributed by atoms with Crippen LogP contribution in [0.15, 0.2) is 30.3 Å². The number of aromatic nitrogens is 1. The number of rotatable bonds is 8. The molecule has 2 aliphatic heterocycles. The maximum atomic E-state index is 15.5. The van der Waals surface area contributed by atoms with E-state index >= 15 is 8.78 Å². The highest BCUT2D eigenvalue weighted by Gasteiger charge is 2.39. The Bertz CT molecular complexity index is 1190. The van der Waals surface area contributed by atoms with Gasteiger partial charge in [-0.15, -0.1) is 0 Å². The van der Waals surface area contributed by atoms with Gasteiger partial charge in [0.2, 0.25) is 0 Å².